The summed E-state index contributed by atoms with van der Waals surface area (Å²) in [7, 11) is 3.40. The van der Waals surface area contributed by atoms with Gasteiger partial charge < -0.3 is 20.1 Å². The van der Waals surface area contributed by atoms with Crippen molar-refractivity contribution in [3.05, 3.63) is 30.3 Å². The first kappa shape index (κ1) is 15.0. The fraction of sp³-hybridized carbons (Fsp3) is 0.571. The molecule has 4 nitrogen and oxygen atoms in total. The lowest BCUT2D eigenvalue weighted by Gasteiger charge is -2.15. The molecule has 0 radical (unpaired) electrons. The zero-order chi connectivity index (χ0) is 13.1. The molecule has 0 saturated heterocycles. The van der Waals surface area contributed by atoms with Gasteiger partial charge in [-0.15, -0.1) is 0 Å². The molecule has 0 aromatic heterocycles. The third kappa shape index (κ3) is 6.59. The standard InChI is InChI=1S/C14H24N2O2/c1-17-12-14(18-2)11-15-9-6-10-16-13-7-4-3-5-8-13/h3-5,7-8,14-16H,6,9-12H2,1-2H3. The van der Waals surface area contributed by atoms with Crippen LogP contribution < -0.4 is 10.6 Å². The zero-order valence-corrected chi connectivity index (χ0v) is 11.3. The Morgan fingerprint density at radius 3 is 2.56 bits per heavy atom. The van der Waals surface area contributed by atoms with Gasteiger partial charge >= 0.3 is 0 Å². The second-order valence-electron chi connectivity index (χ2n) is 4.16. The minimum absolute atomic E-state index is 0.136. The highest BCUT2D eigenvalue weighted by atomic mass is 16.5. The van der Waals surface area contributed by atoms with Crippen molar-refractivity contribution in [3.8, 4) is 0 Å². The molecular formula is C14H24N2O2. The van der Waals surface area contributed by atoms with E-state index in [1.807, 2.05) is 18.2 Å². The summed E-state index contributed by atoms with van der Waals surface area (Å²) >= 11 is 0. The largest absolute Gasteiger partial charge is 0.385 e. The van der Waals surface area contributed by atoms with E-state index in [2.05, 4.69) is 22.8 Å². The van der Waals surface area contributed by atoms with Crippen LogP contribution in [0.5, 0.6) is 0 Å². The van der Waals surface area contributed by atoms with Crippen LogP contribution in [0.3, 0.4) is 0 Å². The van der Waals surface area contributed by atoms with Gasteiger partial charge in [-0.2, -0.15) is 0 Å². The number of benzene rings is 1. The molecule has 1 aromatic carbocycles. The van der Waals surface area contributed by atoms with E-state index in [0.29, 0.717) is 6.61 Å². The molecule has 0 fully saturated rings. The van der Waals surface area contributed by atoms with Gasteiger partial charge in [-0.05, 0) is 25.1 Å². The Kier molecular flexibility index (Phi) is 8.21. The molecule has 4 heteroatoms. The number of anilines is 1. The van der Waals surface area contributed by atoms with Crippen LogP contribution in [0.1, 0.15) is 6.42 Å². The van der Waals surface area contributed by atoms with Crippen LogP contribution in [0.4, 0.5) is 5.69 Å². The van der Waals surface area contributed by atoms with Crippen LogP contribution in [0.15, 0.2) is 30.3 Å². The van der Waals surface area contributed by atoms with Gasteiger partial charge in [0.25, 0.3) is 0 Å². The number of rotatable bonds is 10. The van der Waals surface area contributed by atoms with Gasteiger partial charge in [0.15, 0.2) is 0 Å². The Labute approximate surface area is 110 Å². The first-order valence-electron chi connectivity index (χ1n) is 6.38. The van der Waals surface area contributed by atoms with E-state index in [1.165, 1.54) is 5.69 Å². The maximum absolute atomic E-state index is 5.26. The molecule has 2 N–H and O–H groups in total. The van der Waals surface area contributed by atoms with E-state index in [1.54, 1.807) is 14.2 Å². The average Bonchev–Trinajstić information content (AvgIpc) is 2.42. The molecule has 102 valence electrons. The maximum atomic E-state index is 5.26. The average molecular weight is 252 g/mol. The molecule has 0 aliphatic carbocycles. The highest BCUT2D eigenvalue weighted by Crippen LogP contribution is 2.04. The molecule has 1 rings (SSSR count). The van der Waals surface area contributed by atoms with Crippen molar-refractivity contribution in [2.45, 2.75) is 12.5 Å². The summed E-state index contributed by atoms with van der Waals surface area (Å²) in [4.78, 5) is 0. The summed E-state index contributed by atoms with van der Waals surface area (Å²) in [5, 5.41) is 6.74. The third-order valence-corrected chi connectivity index (χ3v) is 2.69. The number of hydrogen-bond donors (Lipinski definition) is 2. The third-order valence-electron chi connectivity index (χ3n) is 2.69. The van der Waals surface area contributed by atoms with Gasteiger partial charge in [-0.3, -0.25) is 0 Å². The quantitative estimate of drug-likeness (QED) is 0.623. The number of nitrogens with one attached hydrogen (secondary N) is 2. The highest BCUT2D eigenvalue weighted by molar-refractivity contribution is 5.42. The Bertz CT molecular complexity index is 293. The summed E-state index contributed by atoms with van der Waals surface area (Å²) in [5.41, 5.74) is 1.17. The topological polar surface area (TPSA) is 42.5 Å². The van der Waals surface area contributed by atoms with Crippen molar-refractivity contribution in [1.29, 1.82) is 0 Å². The van der Waals surface area contributed by atoms with Crippen LogP contribution in [0, 0.1) is 0 Å². The van der Waals surface area contributed by atoms with Gasteiger partial charge in [0, 0.05) is 33.0 Å². The molecule has 0 amide bonds. The van der Waals surface area contributed by atoms with E-state index in [4.69, 9.17) is 9.47 Å². The van der Waals surface area contributed by atoms with Crippen molar-refractivity contribution in [2.24, 2.45) is 0 Å². The minimum Gasteiger partial charge on any atom is -0.385 e. The molecule has 0 spiro atoms. The van der Waals surface area contributed by atoms with Gasteiger partial charge in [-0.25, -0.2) is 0 Å². The molecule has 1 atom stereocenters. The van der Waals surface area contributed by atoms with Crippen LogP contribution in [-0.4, -0.2) is 46.6 Å². The van der Waals surface area contributed by atoms with Crippen molar-refractivity contribution < 1.29 is 9.47 Å². The molecule has 18 heavy (non-hydrogen) atoms. The van der Waals surface area contributed by atoms with Gasteiger partial charge in [-0.1, -0.05) is 18.2 Å². The minimum atomic E-state index is 0.136. The van der Waals surface area contributed by atoms with Crippen LogP contribution >= 0.6 is 0 Å². The summed E-state index contributed by atoms with van der Waals surface area (Å²) in [6.45, 7) is 3.41. The first-order valence-corrected chi connectivity index (χ1v) is 6.38. The summed E-state index contributed by atoms with van der Waals surface area (Å²) in [6.07, 6.45) is 1.22. The monoisotopic (exact) mass is 252 g/mol. The fourth-order valence-corrected chi connectivity index (χ4v) is 1.66. The normalized spacial score (nSPS) is 12.3. The van der Waals surface area contributed by atoms with Crippen molar-refractivity contribution in [2.75, 3.05) is 45.8 Å². The summed E-state index contributed by atoms with van der Waals surface area (Å²) in [6, 6.07) is 10.2. The molecule has 0 heterocycles. The van der Waals surface area contributed by atoms with Crippen molar-refractivity contribution in [1.82, 2.24) is 5.32 Å². The van der Waals surface area contributed by atoms with Crippen molar-refractivity contribution >= 4 is 5.69 Å². The van der Waals surface area contributed by atoms with Gasteiger partial charge in [0.05, 0.1) is 12.7 Å². The summed E-state index contributed by atoms with van der Waals surface area (Å²) in [5.74, 6) is 0. The number of ether oxygens (including phenoxy) is 2. The molecule has 0 aliphatic rings. The second-order valence-corrected chi connectivity index (χ2v) is 4.16. The van der Waals surface area contributed by atoms with E-state index < -0.39 is 0 Å². The van der Waals surface area contributed by atoms with E-state index in [0.717, 1.165) is 26.1 Å². The Morgan fingerprint density at radius 1 is 1.11 bits per heavy atom. The predicted molar refractivity (Wildman–Crippen MR) is 75.1 cm³/mol. The van der Waals surface area contributed by atoms with E-state index in [-0.39, 0.29) is 6.10 Å². The zero-order valence-electron chi connectivity index (χ0n) is 11.3. The highest BCUT2D eigenvalue weighted by Gasteiger charge is 2.04. The first-order chi connectivity index (χ1) is 8.86. The second kappa shape index (κ2) is 9.88. The molecule has 1 unspecified atom stereocenters. The molecule has 0 saturated carbocycles. The lowest BCUT2D eigenvalue weighted by atomic mass is 10.3. The Morgan fingerprint density at radius 2 is 1.89 bits per heavy atom. The molecular weight excluding hydrogens is 228 g/mol. The summed E-state index contributed by atoms with van der Waals surface area (Å²) < 4.78 is 10.3. The Balaban J connectivity index is 1.98. The molecule has 0 aliphatic heterocycles. The van der Waals surface area contributed by atoms with Crippen LogP contribution in [0.25, 0.3) is 0 Å². The van der Waals surface area contributed by atoms with Crippen LogP contribution in [-0.2, 0) is 9.47 Å². The van der Waals surface area contributed by atoms with Gasteiger partial charge in [0.1, 0.15) is 0 Å². The fourth-order valence-electron chi connectivity index (χ4n) is 1.66. The predicted octanol–water partition coefficient (Wildman–Crippen LogP) is 1.74. The number of methoxy groups -OCH3 is 2. The molecule has 1 aromatic rings. The molecule has 0 bridgehead atoms. The van der Waals surface area contributed by atoms with Crippen LogP contribution in [0.2, 0.25) is 0 Å². The maximum Gasteiger partial charge on any atom is 0.0928 e. The number of para-hydroxylation sites is 1. The van der Waals surface area contributed by atoms with E-state index >= 15 is 0 Å². The smallest absolute Gasteiger partial charge is 0.0928 e. The Hall–Kier alpha value is -1.10. The lowest BCUT2D eigenvalue weighted by Crippen LogP contribution is -2.32. The number of hydrogen-bond acceptors (Lipinski definition) is 4. The van der Waals surface area contributed by atoms with Crippen molar-refractivity contribution in [3.63, 3.8) is 0 Å². The lowest BCUT2D eigenvalue weighted by molar-refractivity contribution is 0.0291. The SMILES string of the molecule is COCC(CNCCCNc1ccccc1)OC. The van der Waals surface area contributed by atoms with E-state index in [9.17, 15) is 0 Å². The van der Waals surface area contributed by atoms with Gasteiger partial charge in [0.2, 0.25) is 0 Å².